The van der Waals surface area contributed by atoms with Crippen LogP contribution in [0.1, 0.15) is 0 Å². The SMILES string of the molecule is FC(F)=C(F)Cl.[SiH3]c1ccccc1. The van der Waals surface area contributed by atoms with Crippen LogP contribution >= 0.6 is 11.6 Å². The predicted molar refractivity (Wildman–Crippen MR) is 52.2 cm³/mol. The van der Waals surface area contributed by atoms with Gasteiger partial charge in [0.15, 0.2) is 0 Å². The Morgan fingerprint density at radius 2 is 1.46 bits per heavy atom. The van der Waals surface area contributed by atoms with Crippen molar-refractivity contribution in [2.24, 2.45) is 0 Å². The smallest absolute Gasteiger partial charge is 0.188 e. The Bertz CT molecular complexity index is 256. The molecule has 1 rings (SSSR count). The predicted octanol–water partition coefficient (Wildman–Crippen LogP) is 1.94. The highest BCUT2D eigenvalue weighted by Gasteiger charge is 1.95. The molecule has 0 atom stereocenters. The van der Waals surface area contributed by atoms with E-state index < -0.39 is 11.4 Å². The van der Waals surface area contributed by atoms with Gasteiger partial charge in [-0.2, -0.15) is 13.2 Å². The largest absolute Gasteiger partial charge is 0.317 e. The Morgan fingerprint density at radius 1 is 1.08 bits per heavy atom. The van der Waals surface area contributed by atoms with E-state index in [0.717, 1.165) is 0 Å². The molecule has 0 amide bonds. The molecular formula is C8H8ClF3Si. The molecule has 72 valence electrons. The number of rotatable bonds is 0. The van der Waals surface area contributed by atoms with Crippen LogP contribution in [0.25, 0.3) is 0 Å². The van der Waals surface area contributed by atoms with Crippen LogP contribution in [-0.4, -0.2) is 10.2 Å². The molecule has 0 aliphatic rings. The molecule has 0 nitrogen and oxygen atoms in total. The van der Waals surface area contributed by atoms with E-state index in [0.29, 0.717) is 0 Å². The summed E-state index contributed by atoms with van der Waals surface area (Å²) >= 11 is 4.08. The van der Waals surface area contributed by atoms with E-state index in [-0.39, 0.29) is 0 Å². The Labute approximate surface area is 82.4 Å². The number of benzene rings is 1. The molecule has 0 heterocycles. The summed E-state index contributed by atoms with van der Waals surface area (Å²) in [4.78, 5) is 0. The van der Waals surface area contributed by atoms with Crippen molar-refractivity contribution in [1.29, 1.82) is 0 Å². The summed E-state index contributed by atoms with van der Waals surface area (Å²) in [6.45, 7) is 0. The van der Waals surface area contributed by atoms with Gasteiger partial charge < -0.3 is 0 Å². The number of halogens is 4. The van der Waals surface area contributed by atoms with Crippen molar-refractivity contribution in [3.63, 3.8) is 0 Å². The van der Waals surface area contributed by atoms with Crippen LogP contribution in [0.4, 0.5) is 13.2 Å². The normalized spacial score (nSPS) is 8.62. The Kier molecular flexibility index (Phi) is 6.35. The van der Waals surface area contributed by atoms with E-state index in [1.807, 2.05) is 6.07 Å². The van der Waals surface area contributed by atoms with Crippen molar-refractivity contribution >= 4 is 27.0 Å². The first-order valence-electron chi connectivity index (χ1n) is 3.42. The lowest BCUT2D eigenvalue weighted by molar-refractivity contribution is 0.393. The van der Waals surface area contributed by atoms with Crippen molar-refractivity contribution in [2.75, 3.05) is 0 Å². The van der Waals surface area contributed by atoms with Crippen molar-refractivity contribution < 1.29 is 13.2 Å². The summed E-state index contributed by atoms with van der Waals surface area (Å²) in [5.74, 6) is 0. The Hall–Kier alpha value is -0.743. The van der Waals surface area contributed by atoms with Gasteiger partial charge in [0, 0.05) is 10.2 Å². The van der Waals surface area contributed by atoms with Gasteiger partial charge in [0.1, 0.15) is 0 Å². The summed E-state index contributed by atoms with van der Waals surface area (Å²) in [7, 11) is 1.17. The fourth-order valence-corrected chi connectivity index (χ4v) is 0.919. The molecule has 13 heavy (non-hydrogen) atoms. The lowest BCUT2D eigenvalue weighted by Gasteiger charge is -1.82. The lowest BCUT2D eigenvalue weighted by Crippen LogP contribution is -1.97. The van der Waals surface area contributed by atoms with E-state index in [4.69, 9.17) is 0 Å². The first kappa shape index (κ1) is 12.3. The minimum atomic E-state index is -2.48. The quantitative estimate of drug-likeness (QED) is 0.591. The number of hydrogen-bond donors (Lipinski definition) is 0. The maximum Gasteiger partial charge on any atom is 0.317 e. The molecule has 0 bridgehead atoms. The molecule has 0 spiro atoms. The van der Waals surface area contributed by atoms with Crippen molar-refractivity contribution in [2.45, 2.75) is 0 Å². The average Bonchev–Trinajstić information content (AvgIpc) is 2.06. The zero-order valence-electron chi connectivity index (χ0n) is 6.90. The Balaban J connectivity index is 0.000000226. The molecule has 0 unspecified atom stereocenters. The van der Waals surface area contributed by atoms with Gasteiger partial charge >= 0.3 is 6.08 Å². The Morgan fingerprint density at radius 3 is 1.62 bits per heavy atom. The third-order valence-corrected chi connectivity index (χ3v) is 1.89. The van der Waals surface area contributed by atoms with Crippen LogP contribution in [-0.2, 0) is 0 Å². The van der Waals surface area contributed by atoms with Gasteiger partial charge in [0.25, 0.3) is 5.29 Å². The molecule has 1 aromatic carbocycles. The standard InChI is InChI=1S/C6H8Si.C2ClF3/c7-6-4-2-1-3-5-6;3-1(4)2(5)6/h1-5H,7H3;. The van der Waals surface area contributed by atoms with E-state index >= 15 is 0 Å². The molecule has 1 aromatic rings. The van der Waals surface area contributed by atoms with E-state index in [2.05, 4.69) is 35.9 Å². The van der Waals surface area contributed by atoms with E-state index in [1.165, 1.54) is 15.4 Å². The van der Waals surface area contributed by atoms with Crippen molar-refractivity contribution in [3.8, 4) is 0 Å². The minimum Gasteiger partial charge on any atom is -0.188 e. The molecule has 0 saturated carbocycles. The molecule has 5 heteroatoms. The van der Waals surface area contributed by atoms with Gasteiger partial charge in [-0.05, 0) is 11.6 Å². The summed E-state index contributed by atoms with van der Waals surface area (Å²) in [6, 6.07) is 10.5. The zero-order chi connectivity index (χ0) is 10.3. The molecule has 0 aromatic heterocycles. The fraction of sp³-hybridized carbons (Fsp3) is 0. The van der Waals surface area contributed by atoms with Crippen LogP contribution in [0.5, 0.6) is 0 Å². The summed E-state index contributed by atoms with van der Waals surface area (Å²) in [6.07, 6.45) is -2.48. The molecule has 0 radical (unpaired) electrons. The second-order valence-corrected chi connectivity index (χ2v) is 3.66. The van der Waals surface area contributed by atoms with Gasteiger partial charge in [-0.3, -0.25) is 0 Å². The highest BCUT2D eigenvalue weighted by atomic mass is 35.5. The van der Waals surface area contributed by atoms with Crippen LogP contribution in [0, 0.1) is 0 Å². The first-order chi connectivity index (χ1) is 6.04. The van der Waals surface area contributed by atoms with E-state index in [1.54, 1.807) is 0 Å². The van der Waals surface area contributed by atoms with Gasteiger partial charge in [-0.15, -0.1) is 0 Å². The third-order valence-electron chi connectivity index (χ3n) is 1.08. The van der Waals surface area contributed by atoms with Gasteiger partial charge in [-0.25, -0.2) is 0 Å². The molecule has 0 N–H and O–H groups in total. The molecule has 0 aliphatic heterocycles. The van der Waals surface area contributed by atoms with Gasteiger partial charge in [0.05, 0.1) is 0 Å². The van der Waals surface area contributed by atoms with Gasteiger partial charge in [-0.1, -0.05) is 35.5 Å². The highest BCUT2D eigenvalue weighted by Crippen LogP contribution is 2.11. The maximum atomic E-state index is 10.7. The molecular weight excluding hydrogens is 217 g/mol. The fourth-order valence-electron chi connectivity index (χ4n) is 0.534. The molecule has 0 fully saturated rings. The van der Waals surface area contributed by atoms with Crippen molar-refractivity contribution in [3.05, 3.63) is 41.7 Å². The zero-order valence-corrected chi connectivity index (χ0v) is 9.65. The third kappa shape index (κ3) is 7.61. The highest BCUT2D eigenvalue weighted by molar-refractivity contribution is 6.32. The maximum absolute atomic E-state index is 10.7. The average molecular weight is 225 g/mol. The summed E-state index contributed by atoms with van der Waals surface area (Å²) < 4.78 is 31.8. The molecule has 0 aliphatic carbocycles. The number of hydrogen-bond acceptors (Lipinski definition) is 0. The lowest BCUT2D eigenvalue weighted by atomic mass is 10.4. The topological polar surface area (TPSA) is 0 Å². The van der Waals surface area contributed by atoms with Crippen LogP contribution in [0.15, 0.2) is 41.7 Å². The van der Waals surface area contributed by atoms with Gasteiger partial charge in [0.2, 0.25) is 0 Å². The van der Waals surface area contributed by atoms with Crippen LogP contribution < -0.4 is 5.19 Å². The van der Waals surface area contributed by atoms with Crippen LogP contribution in [0.2, 0.25) is 0 Å². The van der Waals surface area contributed by atoms with E-state index in [9.17, 15) is 13.2 Å². The minimum absolute atomic E-state index is 1.17. The molecule has 0 saturated heterocycles. The summed E-state index contributed by atoms with van der Waals surface area (Å²) in [5.41, 5.74) is 0. The second-order valence-electron chi connectivity index (χ2n) is 2.18. The van der Waals surface area contributed by atoms with Crippen LogP contribution in [0.3, 0.4) is 0 Å². The second kappa shape index (κ2) is 6.74. The monoisotopic (exact) mass is 224 g/mol. The van der Waals surface area contributed by atoms with Crippen molar-refractivity contribution in [1.82, 2.24) is 0 Å². The summed E-state index contributed by atoms with van der Waals surface area (Å²) in [5, 5.41) is -0.475. The first-order valence-corrected chi connectivity index (χ1v) is 4.79.